The first-order chi connectivity index (χ1) is 11.2. The first-order valence-electron chi connectivity index (χ1n) is 9.11. The number of piperazine rings is 1. The van der Waals surface area contributed by atoms with Crippen molar-refractivity contribution in [1.82, 2.24) is 4.90 Å². The van der Waals surface area contributed by atoms with Crippen molar-refractivity contribution in [3.05, 3.63) is 30.1 Å². The number of hydrogen-bond donors (Lipinski definition) is 1. The minimum Gasteiger partial charge on any atom is -1.00 e. The molecule has 0 unspecified atom stereocenters. The van der Waals surface area contributed by atoms with Gasteiger partial charge in [-0.1, -0.05) is 32.1 Å². The smallest absolute Gasteiger partial charge is 0.222 e. The van der Waals surface area contributed by atoms with E-state index in [1.165, 1.54) is 49.1 Å². The summed E-state index contributed by atoms with van der Waals surface area (Å²) in [6.07, 6.45) is 8.49. The quantitative estimate of drug-likeness (QED) is 0.778. The molecule has 134 valence electrons. The monoisotopic (exact) mass is 354 g/mol. The summed E-state index contributed by atoms with van der Waals surface area (Å²) in [7, 11) is 0. The lowest BCUT2D eigenvalue weighted by Gasteiger charge is -2.32. The zero-order chi connectivity index (χ0) is 16.1. The Morgan fingerprint density at radius 1 is 1.08 bits per heavy atom. The molecule has 0 atom stereocenters. The molecule has 0 spiro atoms. The molecule has 1 aliphatic heterocycles. The maximum absolute atomic E-state index is 13.0. The number of amides is 1. The van der Waals surface area contributed by atoms with Crippen molar-refractivity contribution in [3.8, 4) is 0 Å². The van der Waals surface area contributed by atoms with Gasteiger partial charge >= 0.3 is 0 Å². The van der Waals surface area contributed by atoms with Gasteiger partial charge < -0.3 is 17.3 Å². The molecule has 1 aromatic carbocycles. The molecular formula is C19H28ClFN2O. The summed E-state index contributed by atoms with van der Waals surface area (Å²) in [6, 6.07) is 6.74. The Morgan fingerprint density at radius 2 is 1.71 bits per heavy atom. The molecular weight excluding hydrogens is 327 g/mol. The lowest BCUT2D eigenvalue weighted by Crippen LogP contribution is -3.10. The van der Waals surface area contributed by atoms with Gasteiger partial charge in [-0.3, -0.25) is 9.69 Å². The fraction of sp³-hybridized carbons (Fsp3) is 0.632. The van der Waals surface area contributed by atoms with Crippen LogP contribution < -0.4 is 17.3 Å². The van der Waals surface area contributed by atoms with Crippen LogP contribution in [0.1, 0.15) is 44.9 Å². The van der Waals surface area contributed by atoms with Gasteiger partial charge in [0.25, 0.3) is 0 Å². The normalized spacial score (nSPS) is 19.8. The minimum absolute atomic E-state index is 0. The standard InChI is InChI=1S/C19H27FN2O.ClH/c20-17-7-9-18(10-8-17)21-12-14-22(15-13-21)19(23)11-6-16-4-2-1-3-5-16;/h7-10,16H,1-6,11-15H2;1H. The van der Waals surface area contributed by atoms with Crippen LogP contribution >= 0.6 is 0 Å². The Labute approximate surface area is 150 Å². The van der Waals surface area contributed by atoms with Crippen molar-refractivity contribution in [1.29, 1.82) is 0 Å². The predicted molar refractivity (Wildman–Crippen MR) is 89.1 cm³/mol. The summed E-state index contributed by atoms with van der Waals surface area (Å²) >= 11 is 0. The molecule has 0 bridgehead atoms. The second kappa shape index (κ2) is 9.38. The van der Waals surface area contributed by atoms with Crippen molar-refractivity contribution in [2.75, 3.05) is 26.2 Å². The topological polar surface area (TPSA) is 24.8 Å². The maximum atomic E-state index is 13.0. The van der Waals surface area contributed by atoms with Crippen LogP contribution in [0.3, 0.4) is 0 Å². The lowest BCUT2D eigenvalue weighted by atomic mass is 9.86. The number of quaternary nitrogens is 1. The third-order valence-electron chi connectivity index (χ3n) is 5.46. The Kier molecular flexibility index (Phi) is 7.50. The SMILES string of the molecule is O=C(CCC1CCCCC1)N1CC[NH+](c2ccc(F)cc2)CC1.[Cl-]. The average Bonchev–Trinajstić information content (AvgIpc) is 2.61. The molecule has 24 heavy (non-hydrogen) atoms. The molecule has 1 saturated heterocycles. The van der Waals surface area contributed by atoms with Crippen molar-refractivity contribution in [2.24, 2.45) is 5.92 Å². The molecule has 1 aliphatic carbocycles. The Hall–Kier alpha value is -1.13. The number of benzene rings is 1. The summed E-state index contributed by atoms with van der Waals surface area (Å²) in [5, 5.41) is 0. The van der Waals surface area contributed by atoms with E-state index < -0.39 is 0 Å². The number of rotatable bonds is 4. The van der Waals surface area contributed by atoms with E-state index in [9.17, 15) is 9.18 Å². The molecule has 2 fully saturated rings. The van der Waals surface area contributed by atoms with Crippen LogP contribution in [0.2, 0.25) is 0 Å². The summed E-state index contributed by atoms with van der Waals surface area (Å²) in [5.74, 6) is 0.914. The molecule has 1 heterocycles. The summed E-state index contributed by atoms with van der Waals surface area (Å²) in [5.41, 5.74) is 1.13. The van der Waals surface area contributed by atoms with E-state index >= 15 is 0 Å². The molecule has 0 radical (unpaired) electrons. The van der Waals surface area contributed by atoms with Crippen LogP contribution in [0.25, 0.3) is 0 Å². The molecule has 1 aromatic rings. The third-order valence-corrected chi connectivity index (χ3v) is 5.46. The fourth-order valence-electron chi connectivity index (χ4n) is 3.96. The number of nitrogens with zero attached hydrogens (tertiary/aromatic N) is 1. The van der Waals surface area contributed by atoms with Gasteiger partial charge in [0.15, 0.2) is 0 Å². The zero-order valence-corrected chi connectivity index (χ0v) is 15.0. The van der Waals surface area contributed by atoms with Gasteiger partial charge in [0.2, 0.25) is 5.91 Å². The first kappa shape index (κ1) is 19.2. The van der Waals surface area contributed by atoms with E-state index in [2.05, 4.69) is 0 Å². The highest BCUT2D eigenvalue weighted by atomic mass is 35.5. The van der Waals surface area contributed by atoms with E-state index in [0.717, 1.165) is 50.6 Å². The molecule has 1 amide bonds. The Morgan fingerprint density at radius 3 is 2.33 bits per heavy atom. The van der Waals surface area contributed by atoms with Crippen molar-refractivity contribution < 1.29 is 26.5 Å². The van der Waals surface area contributed by atoms with Crippen LogP contribution in [0.5, 0.6) is 0 Å². The van der Waals surface area contributed by atoms with Crippen LogP contribution in [0.4, 0.5) is 10.1 Å². The van der Waals surface area contributed by atoms with Crippen LogP contribution in [0.15, 0.2) is 24.3 Å². The largest absolute Gasteiger partial charge is 1.00 e. The van der Waals surface area contributed by atoms with E-state index in [-0.39, 0.29) is 18.2 Å². The van der Waals surface area contributed by atoms with Crippen molar-refractivity contribution in [2.45, 2.75) is 44.9 Å². The number of carbonyl (C=O) groups is 1. The van der Waals surface area contributed by atoms with Gasteiger partial charge in [0, 0.05) is 18.6 Å². The third kappa shape index (κ3) is 5.18. The van der Waals surface area contributed by atoms with E-state index in [1.54, 1.807) is 0 Å². The van der Waals surface area contributed by atoms with Gasteiger partial charge in [-0.25, -0.2) is 4.39 Å². The predicted octanol–water partition coefficient (Wildman–Crippen LogP) is -0.451. The number of nitrogens with one attached hydrogen (secondary N) is 1. The second-order valence-corrected chi connectivity index (χ2v) is 7.03. The number of hydrogen-bond acceptors (Lipinski definition) is 1. The van der Waals surface area contributed by atoms with Gasteiger partial charge in [-0.05, 0) is 24.5 Å². The number of carbonyl (C=O) groups excluding carboxylic acids is 1. The summed E-state index contributed by atoms with van der Waals surface area (Å²) in [4.78, 5) is 15.8. The van der Waals surface area contributed by atoms with Gasteiger partial charge in [-0.2, -0.15) is 0 Å². The van der Waals surface area contributed by atoms with E-state index in [1.807, 2.05) is 17.0 Å². The second-order valence-electron chi connectivity index (χ2n) is 7.03. The summed E-state index contributed by atoms with van der Waals surface area (Å²) in [6.45, 7) is 3.47. The van der Waals surface area contributed by atoms with Gasteiger partial charge in [0.05, 0.1) is 26.2 Å². The highest BCUT2D eigenvalue weighted by molar-refractivity contribution is 5.76. The van der Waals surface area contributed by atoms with Gasteiger partial charge in [0.1, 0.15) is 11.5 Å². The molecule has 5 heteroatoms. The molecule has 3 rings (SSSR count). The highest BCUT2D eigenvalue weighted by Crippen LogP contribution is 2.27. The molecule has 3 nitrogen and oxygen atoms in total. The number of halogens is 2. The Bertz CT molecular complexity index is 509. The average molecular weight is 355 g/mol. The zero-order valence-electron chi connectivity index (χ0n) is 14.3. The van der Waals surface area contributed by atoms with Crippen LogP contribution in [-0.4, -0.2) is 37.0 Å². The van der Waals surface area contributed by atoms with Gasteiger partial charge in [-0.15, -0.1) is 0 Å². The molecule has 1 N–H and O–H groups in total. The maximum Gasteiger partial charge on any atom is 0.222 e. The van der Waals surface area contributed by atoms with E-state index in [0.29, 0.717) is 5.91 Å². The van der Waals surface area contributed by atoms with Crippen LogP contribution in [-0.2, 0) is 4.79 Å². The van der Waals surface area contributed by atoms with E-state index in [4.69, 9.17) is 0 Å². The molecule has 2 aliphatic rings. The van der Waals surface area contributed by atoms with Crippen molar-refractivity contribution >= 4 is 11.6 Å². The Balaban J connectivity index is 0.00000208. The van der Waals surface area contributed by atoms with Crippen LogP contribution in [0, 0.1) is 11.7 Å². The summed E-state index contributed by atoms with van der Waals surface area (Å²) < 4.78 is 13.0. The highest BCUT2D eigenvalue weighted by Gasteiger charge is 2.25. The molecule has 1 saturated carbocycles. The molecule has 0 aromatic heterocycles. The first-order valence-corrected chi connectivity index (χ1v) is 9.11. The lowest BCUT2D eigenvalue weighted by molar-refractivity contribution is -0.837. The van der Waals surface area contributed by atoms with Crippen molar-refractivity contribution in [3.63, 3.8) is 0 Å². The fourth-order valence-corrected chi connectivity index (χ4v) is 3.96. The minimum atomic E-state index is -0.190.